The third-order valence-electron chi connectivity index (χ3n) is 5.78. The Kier molecular flexibility index (Phi) is 3.55. The maximum absolute atomic E-state index is 13.2. The third kappa shape index (κ3) is 2.43. The number of rotatable bonds is 3. The summed E-state index contributed by atoms with van der Waals surface area (Å²) in [4.78, 5) is 27.9. The Hall–Kier alpha value is -2.93. The summed E-state index contributed by atoms with van der Waals surface area (Å²) < 4.78 is 11.3. The molecule has 4 heterocycles. The minimum absolute atomic E-state index is 0.152. The fourth-order valence-electron chi connectivity index (χ4n) is 4.74. The van der Waals surface area contributed by atoms with Crippen LogP contribution in [-0.2, 0) is 14.3 Å². The summed E-state index contributed by atoms with van der Waals surface area (Å²) >= 11 is 0. The van der Waals surface area contributed by atoms with Crippen LogP contribution in [0.1, 0.15) is 16.9 Å². The molecule has 144 valence electrons. The van der Waals surface area contributed by atoms with Crippen molar-refractivity contribution in [3.63, 3.8) is 0 Å². The minimum Gasteiger partial charge on any atom is -0.360 e. The number of anilines is 2. The normalized spacial score (nSPS) is 30.2. The number of aryl methyl sites for hydroxylation is 3. The first-order valence-corrected chi connectivity index (χ1v) is 9.37. The van der Waals surface area contributed by atoms with Crippen LogP contribution in [0.3, 0.4) is 0 Å². The van der Waals surface area contributed by atoms with E-state index in [0.29, 0.717) is 18.1 Å². The summed E-state index contributed by atoms with van der Waals surface area (Å²) in [5, 5.41) is 6.94. The Morgan fingerprint density at radius 3 is 2.64 bits per heavy atom. The van der Waals surface area contributed by atoms with Gasteiger partial charge in [0.1, 0.15) is 11.4 Å². The molecule has 2 saturated heterocycles. The molecular formula is C21H21N3O4. The highest BCUT2D eigenvalue weighted by molar-refractivity contribution is 6.05. The molecule has 4 atom stereocenters. The molecule has 3 aliphatic rings. The number of carbonyl (C=O) groups is 2. The number of benzene rings is 1. The van der Waals surface area contributed by atoms with Gasteiger partial charge in [0.25, 0.3) is 0 Å². The summed E-state index contributed by atoms with van der Waals surface area (Å²) in [6.45, 7) is 6.08. The Morgan fingerprint density at radius 1 is 1.21 bits per heavy atom. The van der Waals surface area contributed by atoms with E-state index in [-0.39, 0.29) is 17.9 Å². The third-order valence-corrected chi connectivity index (χ3v) is 5.78. The number of nitrogens with zero attached hydrogens (tertiary/aromatic N) is 2. The molecule has 28 heavy (non-hydrogen) atoms. The van der Waals surface area contributed by atoms with E-state index in [9.17, 15) is 9.59 Å². The van der Waals surface area contributed by atoms with Crippen LogP contribution >= 0.6 is 0 Å². The van der Waals surface area contributed by atoms with Crippen LogP contribution in [0.2, 0.25) is 0 Å². The fraction of sp³-hybridized carbons (Fsp3) is 0.381. The van der Waals surface area contributed by atoms with Gasteiger partial charge in [0.05, 0.1) is 24.5 Å². The number of nitrogens with one attached hydrogen (secondary N) is 1. The van der Waals surface area contributed by atoms with Gasteiger partial charge in [-0.3, -0.25) is 14.5 Å². The van der Waals surface area contributed by atoms with Gasteiger partial charge in [0.2, 0.25) is 11.8 Å². The van der Waals surface area contributed by atoms with Crippen molar-refractivity contribution in [3.05, 3.63) is 53.3 Å². The lowest BCUT2D eigenvalue weighted by Crippen LogP contribution is -2.41. The summed E-state index contributed by atoms with van der Waals surface area (Å²) in [5.41, 5.74) is 2.09. The van der Waals surface area contributed by atoms with Gasteiger partial charge in [-0.1, -0.05) is 23.4 Å². The van der Waals surface area contributed by atoms with Gasteiger partial charge in [-0.05, 0) is 44.0 Å². The number of carbonyl (C=O) groups excluding carboxylic acids is 2. The highest BCUT2D eigenvalue weighted by atomic mass is 16.5. The summed E-state index contributed by atoms with van der Waals surface area (Å²) in [5.74, 6) is -0.400. The molecule has 2 bridgehead atoms. The average molecular weight is 379 g/mol. The van der Waals surface area contributed by atoms with Crippen LogP contribution in [0.25, 0.3) is 0 Å². The number of hydrogen-bond donors (Lipinski definition) is 1. The highest BCUT2D eigenvalue weighted by Crippen LogP contribution is 2.52. The fourth-order valence-corrected chi connectivity index (χ4v) is 4.74. The number of ether oxygens (including phenoxy) is 1. The van der Waals surface area contributed by atoms with Crippen molar-refractivity contribution in [2.75, 3.05) is 16.8 Å². The first kappa shape index (κ1) is 17.2. The van der Waals surface area contributed by atoms with Crippen LogP contribution in [0.15, 0.2) is 40.9 Å². The van der Waals surface area contributed by atoms with E-state index in [1.165, 1.54) is 0 Å². The second kappa shape index (κ2) is 5.78. The van der Waals surface area contributed by atoms with Crippen LogP contribution in [-0.4, -0.2) is 35.2 Å². The molecule has 0 aliphatic carbocycles. The van der Waals surface area contributed by atoms with E-state index in [1.54, 1.807) is 17.9 Å². The van der Waals surface area contributed by atoms with Crippen molar-refractivity contribution in [1.29, 1.82) is 0 Å². The van der Waals surface area contributed by atoms with E-state index in [0.717, 1.165) is 16.8 Å². The summed E-state index contributed by atoms with van der Waals surface area (Å²) in [6, 6.07) is 7.61. The molecule has 5 rings (SSSR count). The van der Waals surface area contributed by atoms with Crippen molar-refractivity contribution >= 4 is 23.3 Å². The zero-order valence-electron chi connectivity index (χ0n) is 15.9. The van der Waals surface area contributed by atoms with Gasteiger partial charge in [-0.25, -0.2) is 0 Å². The van der Waals surface area contributed by atoms with Crippen LogP contribution in [0, 0.1) is 32.6 Å². The predicted molar refractivity (Wildman–Crippen MR) is 102 cm³/mol. The molecule has 2 amide bonds. The van der Waals surface area contributed by atoms with Crippen molar-refractivity contribution in [2.45, 2.75) is 32.5 Å². The molecule has 0 saturated carbocycles. The molecule has 2 unspecified atom stereocenters. The lowest BCUT2D eigenvalue weighted by Gasteiger charge is -2.23. The first-order chi connectivity index (χ1) is 13.4. The van der Waals surface area contributed by atoms with Crippen molar-refractivity contribution in [3.8, 4) is 0 Å². The van der Waals surface area contributed by atoms with Gasteiger partial charge >= 0.3 is 0 Å². The standard InChI is InChI=1S/C21H21N3O4/c1-11-6-12(2)8-14(7-11)22-19(25)17-15-4-5-21(27-15)10-24(20(26)18(17)21)16-9-13(3)28-23-16/h4-9,15,17-18H,10H2,1-3H3,(H,22,25)/t15-,17?,18?,21+/m1/s1. The number of amides is 2. The lowest BCUT2D eigenvalue weighted by molar-refractivity contribution is -0.128. The molecular weight excluding hydrogens is 358 g/mol. The van der Waals surface area contributed by atoms with E-state index >= 15 is 0 Å². The van der Waals surface area contributed by atoms with Gasteiger partial charge < -0.3 is 14.6 Å². The van der Waals surface area contributed by atoms with Crippen molar-refractivity contribution in [1.82, 2.24) is 5.16 Å². The molecule has 1 spiro atoms. The number of aromatic nitrogens is 1. The lowest BCUT2D eigenvalue weighted by atomic mass is 9.76. The van der Waals surface area contributed by atoms with Crippen LogP contribution in [0.4, 0.5) is 11.5 Å². The second-order valence-electron chi connectivity index (χ2n) is 7.99. The molecule has 7 heteroatoms. The van der Waals surface area contributed by atoms with Crippen molar-refractivity contribution < 1.29 is 18.8 Å². The van der Waals surface area contributed by atoms with Crippen LogP contribution in [0.5, 0.6) is 0 Å². The van der Waals surface area contributed by atoms with Crippen molar-refractivity contribution in [2.24, 2.45) is 11.8 Å². The second-order valence-corrected chi connectivity index (χ2v) is 7.99. The summed E-state index contributed by atoms with van der Waals surface area (Å²) in [6.07, 6.45) is 3.43. The smallest absolute Gasteiger partial charge is 0.235 e. The molecule has 1 aromatic heterocycles. The largest absolute Gasteiger partial charge is 0.360 e. The molecule has 7 nitrogen and oxygen atoms in total. The van der Waals surface area contributed by atoms with E-state index in [1.807, 2.05) is 44.2 Å². The van der Waals surface area contributed by atoms with Gasteiger partial charge in [-0.15, -0.1) is 0 Å². The first-order valence-electron chi connectivity index (χ1n) is 9.37. The molecule has 2 fully saturated rings. The topological polar surface area (TPSA) is 84.7 Å². The maximum atomic E-state index is 13.2. The van der Waals surface area contributed by atoms with Gasteiger partial charge in [-0.2, -0.15) is 0 Å². The zero-order valence-corrected chi connectivity index (χ0v) is 15.9. The van der Waals surface area contributed by atoms with E-state index < -0.39 is 17.4 Å². The molecule has 0 radical (unpaired) electrons. The SMILES string of the molecule is Cc1cc(C)cc(NC(=O)C2C3C(=O)N(c4cc(C)on4)C[C@@]34C=C[C@H]2O4)c1. The van der Waals surface area contributed by atoms with Crippen LogP contribution < -0.4 is 10.2 Å². The van der Waals surface area contributed by atoms with E-state index in [2.05, 4.69) is 10.5 Å². The Morgan fingerprint density at radius 2 is 1.96 bits per heavy atom. The molecule has 2 aromatic rings. The molecule has 3 aliphatic heterocycles. The monoisotopic (exact) mass is 379 g/mol. The number of hydrogen-bond acceptors (Lipinski definition) is 5. The Labute approximate surface area is 162 Å². The quantitative estimate of drug-likeness (QED) is 0.829. The maximum Gasteiger partial charge on any atom is 0.235 e. The van der Waals surface area contributed by atoms with Gasteiger partial charge in [0.15, 0.2) is 5.82 Å². The highest BCUT2D eigenvalue weighted by Gasteiger charge is 2.67. The zero-order chi connectivity index (χ0) is 19.6. The molecule has 1 N–H and O–H groups in total. The molecule has 1 aromatic carbocycles. The predicted octanol–water partition coefficient (Wildman–Crippen LogP) is 2.52. The average Bonchev–Trinajstić information content (AvgIpc) is 3.35. The number of fused-ring (bicyclic) bond motifs is 1. The Bertz CT molecular complexity index is 1010. The van der Waals surface area contributed by atoms with Gasteiger partial charge in [0, 0.05) is 11.8 Å². The Balaban J connectivity index is 1.44. The minimum atomic E-state index is -0.779. The summed E-state index contributed by atoms with van der Waals surface area (Å²) in [7, 11) is 0. The van der Waals surface area contributed by atoms with E-state index in [4.69, 9.17) is 9.26 Å².